The van der Waals surface area contributed by atoms with E-state index in [9.17, 15) is 13.2 Å². The topological polar surface area (TPSA) is 97.2 Å². The monoisotopic (exact) mass is 431 g/mol. The number of amides is 1. The lowest BCUT2D eigenvalue weighted by molar-refractivity contribution is -0.115. The number of nitrogens with one attached hydrogen (secondary N) is 1. The van der Waals surface area contributed by atoms with Gasteiger partial charge in [-0.25, -0.2) is 18.1 Å². The van der Waals surface area contributed by atoms with Crippen LogP contribution in [0.15, 0.2) is 53.1 Å². The van der Waals surface area contributed by atoms with Crippen molar-refractivity contribution in [2.24, 2.45) is 0 Å². The second-order valence-corrected chi connectivity index (χ2v) is 10.1. The van der Waals surface area contributed by atoms with E-state index in [4.69, 9.17) is 0 Å². The summed E-state index contributed by atoms with van der Waals surface area (Å²) in [5, 5.41) is 6.89. The molecule has 10 heteroatoms. The first-order chi connectivity index (χ1) is 14.0. The van der Waals surface area contributed by atoms with Crippen molar-refractivity contribution in [1.82, 2.24) is 19.1 Å². The lowest BCUT2D eigenvalue weighted by Crippen LogP contribution is -2.35. The summed E-state index contributed by atoms with van der Waals surface area (Å²) in [6.07, 6.45) is 7.99. The third-order valence-corrected chi connectivity index (χ3v) is 8.10. The molecule has 1 aliphatic rings. The minimum atomic E-state index is -3.46. The number of thiophene rings is 1. The van der Waals surface area contributed by atoms with Crippen molar-refractivity contribution in [3.63, 3.8) is 0 Å². The maximum Gasteiger partial charge on any atom is 0.252 e. The lowest BCUT2D eigenvalue weighted by Gasteiger charge is -2.25. The van der Waals surface area contributed by atoms with Crippen LogP contribution >= 0.6 is 11.3 Å². The quantitative estimate of drug-likeness (QED) is 0.647. The molecule has 0 saturated carbocycles. The fourth-order valence-electron chi connectivity index (χ4n) is 3.19. The van der Waals surface area contributed by atoms with Gasteiger partial charge in [-0.15, -0.1) is 11.3 Å². The molecule has 8 nitrogen and oxygen atoms in total. The number of rotatable bonds is 6. The van der Waals surface area contributed by atoms with E-state index in [0.717, 1.165) is 30.6 Å². The Morgan fingerprint density at radius 3 is 2.66 bits per heavy atom. The summed E-state index contributed by atoms with van der Waals surface area (Å²) in [5.41, 5.74) is 0.573. The summed E-state index contributed by atoms with van der Waals surface area (Å²) >= 11 is 1.16. The van der Waals surface area contributed by atoms with Crippen molar-refractivity contribution in [3.05, 3.63) is 53.8 Å². The fraction of sp³-hybridized carbons (Fsp3) is 0.316. The molecule has 0 atom stereocenters. The van der Waals surface area contributed by atoms with Crippen molar-refractivity contribution in [3.8, 4) is 5.82 Å². The van der Waals surface area contributed by atoms with Crippen LogP contribution in [-0.4, -0.2) is 46.5 Å². The van der Waals surface area contributed by atoms with E-state index in [2.05, 4.69) is 15.4 Å². The maximum atomic E-state index is 12.7. The van der Waals surface area contributed by atoms with Crippen LogP contribution < -0.4 is 5.32 Å². The van der Waals surface area contributed by atoms with E-state index < -0.39 is 10.0 Å². The molecule has 0 radical (unpaired) electrons. The van der Waals surface area contributed by atoms with Gasteiger partial charge in [0.2, 0.25) is 5.91 Å². The largest absolute Gasteiger partial charge is 0.324 e. The Morgan fingerprint density at radius 1 is 1.14 bits per heavy atom. The number of carbonyl (C=O) groups is 1. The van der Waals surface area contributed by atoms with Gasteiger partial charge in [-0.1, -0.05) is 6.42 Å². The average Bonchev–Trinajstić information content (AvgIpc) is 3.42. The lowest BCUT2D eigenvalue weighted by atomic mass is 10.2. The zero-order chi connectivity index (χ0) is 20.3. The third kappa shape index (κ3) is 4.55. The predicted octanol–water partition coefficient (Wildman–Crippen LogP) is 2.68. The molecule has 0 spiro atoms. The van der Waals surface area contributed by atoms with Crippen molar-refractivity contribution in [2.45, 2.75) is 29.9 Å². The van der Waals surface area contributed by atoms with Gasteiger partial charge < -0.3 is 5.32 Å². The highest BCUT2D eigenvalue weighted by Crippen LogP contribution is 2.27. The Hall–Kier alpha value is -2.56. The number of sulfonamides is 1. The molecule has 3 aromatic heterocycles. The van der Waals surface area contributed by atoms with E-state index in [1.165, 1.54) is 0 Å². The third-order valence-electron chi connectivity index (χ3n) is 4.65. The summed E-state index contributed by atoms with van der Waals surface area (Å²) in [6.45, 7) is 1.13. The van der Waals surface area contributed by atoms with Gasteiger partial charge in [0.05, 0.1) is 18.3 Å². The molecule has 3 aromatic rings. The second kappa shape index (κ2) is 8.44. The number of nitrogens with zero attached hydrogens (tertiary/aromatic N) is 4. The summed E-state index contributed by atoms with van der Waals surface area (Å²) < 4.78 is 28.9. The molecule has 29 heavy (non-hydrogen) atoms. The summed E-state index contributed by atoms with van der Waals surface area (Å²) in [7, 11) is -3.46. The Bertz CT molecular complexity index is 1070. The standard InChI is InChI=1S/C19H21N5O3S2/c25-18(22-15-5-7-17(20-14-15)24-12-4-9-21-24)13-16-6-8-19(28-16)29(26,27)23-10-2-1-3-11-23/h4-9,12,14H,1-3,10-11,13H2,(H,22,25). The molecule has 0 bridgehead atoms. The number of pyridine rings is 1. The second-order valence-electron chi connectivity index (χ2n) is 6.77. The minimum Gasteiger partial charge on any atom is -0.324 e. The number of hydrogen-bond acceptors (Lipinski definition) is 6. The van der Waals surface area contributed by atoms with Crippen LogP contribution in [0, 0.1) is 0 Å². The molecule has 0 aromatic carbocycles. The van der Waals surface area contributed by atoms with Crippen LogP contribution in [-0.2, 0) is 21.2 Å². The molecule has 1 N–H and O–H groups in total. The highest BCUT2D eigenvalue weighted by molar-refractivity contribution is 7.91. The van der Waals surface area contributed by atoms with Gasteiger partial charge in [-0.3, -0.25) is 4.79 Å². The number of carbonyl (C=O) groups excluding carboxylic acids is 1. The Balaban J connectivity index is 1.38. The van der Waals surface area contributed by atoms with Crippen molar-refractivity contribution in [1.29, 1.82) is 0 Å². The predicted molar refractivity (Wildman–Crippen MR) is 111 cm³/mol. The maximum absolute atomic E-state index is 12.7. The van der Waals surface area contributed by atoms with Gasteiger partial charge in [0, 0.05) is 30.4 Å². The number of aromatic nitrogens is 3. The zero-order valence-electron chi connectivity index (χ0n) is 15.7. The van der Waals surface area contributed by atoms with E-state index >= 15 is 0 Å². The van der Waals surface area contributed by atoms with E-state index in [1.54, 1.807) is 57.9 Å². The summed E-state index contributed by atoms with van der Waals surface area (Å²) in [5.74, 6) is 0.432. The molecular weight excluding hydrogens is 410 g/mol. The number of anilines is 1. The van der Waals surface area contributed by atoms with Crippen molar-refractivity contribution >= 4 is 33.0 Å². The molecule has 0 aliphatic carbocycles. The van der Waals surface area contributed by atoms with E-state index in [-0.39, 0.29) is 12.3 Å². The van der Waals surface area contributed by atoms with Crippen molar-refractivity contribution in [2.75, 3.05) is 18.4 Å². The van der Waals surface area contributed by atoms with Crippen LogP contribution in [0.25, 0.3) is 5.82 Å². The Morgan fingerprint density at radius 2 is 1.97 bits per heavy atom. The van der Waals surface area contributed by atoms with Crippen LogP contribution in [0.1, 0.15) is 24.1 Å². The number of hydrogen-bond donors (Lipinski definition) is 1. The molecule has 1 saturated heterocycles. The first-order valence-electron chi connectivity index (χ1n) is 9.37. The van der Waals surface area contributed by atoms with Gasteiger partial charge in [0.1, 0.15) is 4.21 Å². The normalized spacial score (nSPS) is 15.3. The summed E-state index contributed by atoms with van der Waals surface area (Å²) in [6, 6.07) is 8.62. The zero-order valence-corrected chi connectivity index (χ0v) is 17.3. The van der Waals surface area contributed by atoms with Crippen LogP contribution in [0.4, 0.5) is 5.69 Å². The van der Waals surface area contributed by atoms with E-state index in [0.29, 0.717) is 33.7 Å². The van der Waals surface area contributed by atoms with Gasteiger partial charge in [-0.05, 0) is 43.2 Å². The highest BCUT2D eigenvalue weighted by Gasteiger charge is 2.27. The van der Waals surface area contributed by atoms with Crippen LogP contribution in [0.3, 0.4) is 0 Å². The van der Waals surface area contributed by atoms with Crippen molar-refractivity contribution < 1.29 is 13.2 Å². The molecule has 1 aliphatic heterocycles. The molecule has 1 fully saturated rings. The van der Waals surface area contributed by atoms with Gasteiger partial charge in [0.15, 0.2) is 5.82 Å². The van der Waals surface area contributed by atoms with E-state index in [1.807, 2.05) is 0 Å². The first kappa shape index (κ1) is 19.7. The van der Waals surface area contributed by atoms with Gasteiger partial charge in [-0.2, -0.15) is 9.40 Å². The first-order valence-corrected chi connectivity index (χ1v) is 11.6. The average molecular weight is 432 g/mol. The van der Waals surface area contributed by atoms with Gasteiger partial charge >= 0.3 is 0 Å². The Labute approximate surface area is 173 Å². The smallest absolute Gasteiger partial charge is 0.252 e. The van der Waals surface area contributed by atoms with Crippen LogP contribution in [0.2, 0.25) is 0 Å². The van der Waals surface area contributed by atoms with Gasteiger partial charge in [0.25, 0.3) is 10.0 Å². The summed E-state index contributed by atoms with van der Waals surface area (Å²) in [4.78, 5) is 17.3. The fourth-order valence-corrected chi connectivity index (χ4v) is 6.21. The molecule has 152 valence electrons. The SMILES string of the molecule is O=C(Cc1ccc(S(=O)(=O)N2CCCCC2)s1)Nc1ccc(-n2cccn2)nc1. The highest BCUT2D eigenvalue weighted by atomic mass is 32.2. The molecule has 0 unspecified atom stereocenters. The Kier molecular flexibility index (Phi) is 5.74. The molecule has 1 amide bonds. The molecular formula is C19H21N5O3S2. The number of piperidine rings is 1. The molecule has 4 rings (SSSR count). The van der Waals surface area contributed by atoms with Crippen LogP contribution in [0.5, 0.6) is 0 Å². The molecule has 4 heterocycles. The minimum absolute atomic E-state index is 0.112.